The molecule has 0 radical (unpaired) electrons. The number of hydrogen-bond acceptors (Lipinski definition) is 3. The van der Waals surface area contributed by atoms with E-state index < -0.39 is 10.7 Å². The van der Waals surface area contributed by atoms with Crippen molar-refractivity contribution in [1.29, 1.82) is 0 Å². The van der Waals surface area contributed by atoms with Gasteiger partial charge in [-0.05, 0) is 12.1 Å². The van der Waals surface area contributed by atoms with E-state index in [-0.39, 0.29) is 10.4 Å². The van der Waals surface area contributed by atoms with E-state index in [9.17, 15) is 14.5 Å². The summed E-state index contributed by atoms with van der Waals surface area (Å²) in [4.78, 5) is 9.89. The molecule has 0 saturated carbocycles. The van der Waals surface area contributed by atoms with Gasteiger partial charge in [0, 0.05) is 11.5 Å². The average Bonchev–Trinajstić information content (AvgIpc) is 2.57. The van der Waals surface area contributed by atoms with Crippen LogP contribution in [-0.4, -0.2) is 4.92 Å². The molecule has 3 nitrogen and oxygen atoms in total. The van der Waals surface area contributed by atoms with Gasteiger partial charge in [0.05, 0.1) is 14.6 Å². The fraction of sp³-hybridized carbons (Fsp3) is 0. The fourth-order valence-corrected chi connectivity index (χ4v) is 2.31. The monoisotopic (exact) mass is 231 g/mol. The zero-order valence-corrected chi connectivity index (χ0v) is 8.23. The summed E-state index contributed by atoms with van der Waals surface area (Å²) in [5.74, 6) is -0.492. The first kappa shape index (κ1) is 9.36. The van der Waals surface area contributed by atoms with E-state index in [4.69, 9.17) is 11.6 Å². The number of rotatable bonds is 1. The van der Waals surface area contributed by atoms with Crippen molar-refractivity contribution in [3.63, 3.8) is 0 Å². The molecule has 0 bridgehead atoms. The SMILES string of the molecule is O=[N+]([O-])c1cc2c(F)ccc(Cl)c2s1. The van der Waals surface area contributed by atoms with Crippen molar-refractivity contribution in [2.45, 2.75) is 0 Å². The molecule has 0 N–H and O–H groups in total. The molecule has 0 atom stereocenters. The Labute approximate surface area is 86.9 Å². The zero-order chi connectivity index (χ0) is 10.3. The van der Waals surface area contributed by atoms with Crippen molar-refractivity contribution < 1.29 is 9.31 Å². The molecule has 0 aliphatic heterocycles. The Bertz CT molecular complexity index is 486. The largest absolute Gasteiger partial charge is 0.325 e. The van der Waals surface area contributed by atoms with Crippen LogP contribution in [0.1, 0.15) is 0 Å². The van der Waals surface area contributed by atoms with Crippen molar-refractivity contribution >= 4 is 38.0 Å². The molecule has 72 valence electrons. The highest BCUT2D eigenvalue weighted by Gasteiger charge is 2.15. The van der Waals surface area contributed by atoms with Gasteiger partial charge in [-0.25, -0.2) is 4.39 Å². The highest BCUT2D eigenvalue weighted by Crippen LogP contribution is 2.37. The number of benzene rings is 1. The summed E-state index contributed by atoms with van der Waals surface area (Å²) in [6, 6.07) is 3.78. The van der Waals surface area contributed by atoms with Crippen LogP contribution in [0.3, 0.4) is 0 Å². The van der Waals surface area contributed by atoms with Crippen molar-refractivity contribution in [3.8, 4) is 0 Å². The van der Waals surface area contributed by atoms with Crippen molar-refractivity contribution in [1.82, 2.24) is 0 Å². The average molecular weight is 232 g/mol. The van der Waals surface area contributed by atoms with Gasteiger partial charge in [0.2, 0.25) is 0 Å². The Hall–Kier alpha value is -1.20. The first-order valence-corrected chi connectivity index (χ1v) is 4.81. The predicted molar refractivity (Wildman–Crippen MR) is 53.4 cm³/mol. The van der Waals surface area contributed by atoms with Gasteiger partial charge in [-0.3, -0.25) is 10.1 Å². The van der Waals surface area contributed by atoms with Crippen LogP contribution in [0.2, 0.25) is 5.02 Å². The van der Waals surface area contributed by atoms with Gasteiger partial charge in [0.1, 0.15) is 5.82 Å². The van der Waals surface area contributed by atoms with Crippen LogP contribution in [0.4, 0.5) is 9.39 Å². The van der Waals surface area contributed by atoms with Crippen molar-refractivity contribution in [2.24, 2.45) is 0 Å². The van der Waals surface area contributed by atoms with Crippen LogP contribution in [0.15, 0.2) is 18.2 Å². The third-order valence-corrected chi connectivity index (χ3v) is 3.30. The number of hydrogen-bond donors (Lipinski definition) is 0. The third-order valence-electron chi connectivity index (χ3n) is 1.75. The molecule has 1 heterocycles. The fourth-order valence-electron chi connectivity index (χ4n) is 1.13. The van der Waals surface area contributed by atoms with E-state index in [2.05, 4.69) is 0 Å². The normalized spacial score (nSPS) is 10.7. The molecule has 14 heavy (non-hydrogen) atoms. The summed E-state index contributed by atoms with van der Waals surface area (Å²) in [5.41, 5.74) is 0. The minimum Gasteiger partial charge on any atom is -0.258 e. The number of halogens is 2. The maximum absolute atomic E-state index is 13.2. The van der Waals surface area contributed by atoms with Gasteiger partial charge < -0.3 is 0 Å². The third kappa shape index (κ3) is 1.34. The Morgan fingerprint density at radius 1 is 1.50 bits per heavy atom. The summed E-state index contributed by atoms with van der Waals surface area (Å²) in [6.45, 7) is 0. The van der Waals surface area contributed by atoms with Crippen LogP contribution < -0.4 is 0 Å². The van der Waals surface area contributed by atoms with Crippen LogP contribution >= 0.6 is 22.9 Å². The van der Waals surface area contributed by atoms with E-state index in [1.807, 2.05) is 0 Å². The van der Waals surface area contributed by atoms with Gasteiger partial charge in [-0.1, -0.05) is 22.9 Å². The number of nitro groups is 1. The van der Waals surface area contributed by atoms with Crippen LogP contribution in [0.5, 0.6) is 0 Å². The number of nitrogens with zero attached hydrogens (tertiary/aromatic N) is 1. The number of thiophene rings is 1. The maximum atomic E-state index is 13.2. The zero-order valence-electron chi connectivity index (χ0n) is 6.66. The predicted octanol–water partition coefficient (Wildman–Crippen LogP) is 3.60. The summed E-state index contributed by atoms with van der Waals surface area (Å²) in [5, 5.41) is 10.9. The Morgan fingerprint density at radius 2 is 2.21 bits per heavy atom. The molecule has 6 heteroatoms. The molecular weight excluding hydrogens is 229 g/mol. The smallest absolute Gasteiger partial charge is 0.258 e. The lowest BCUT2D eigenvalue weighted by Gasteiger charge is -1.92. The molecule has 0 amide bonds. The second kappa shape index (κ2) is 3.18. The van der Waals surface area contributed by atoms with Crippen molar-refractivity contribution in [3.05, 3.63) is 39.2 Å². The highest BCUT2D eigenvalue weighted by molar-refractivity contribution is 7.22. The molecule has 0 aliphatic rings. The molecule has 2 aromatic rings. The lowest BCUT2D eigenvalue weighted by molar-refractivity contribution is -0.380. The van der Waals surface area contributed by atoms with Crippen molar-refractivity contribution in [2.75, 3.05) is 0 Å². The first-order chi connectivity index (χ1) is 6.59. The Balaban J connectivity index is 2.82. The standard InChI is InChI=1S/C8H3ClFNO2S/c9-5-1-2-6(10)4-3-7(11(12)13)14-8(4)5/h1-3H. The summed E-state index contributed by atoms with van der Waals surface area (Å²) >= 11 is 6.64. The molecule has 1 aromatic carbocycles. The van der Waals surface area contributed by atoms with Gasteiger partial charge in [0.15, 0.2) is 0 Å². The van der Waals surface area contributed by atoms with Crippen LogP contribution in [-0.2, 0) is 0 Å². The molecule has 0 unspecified atom stereocenters. The molecular formula is C8H3ClFNO2S. The van der Waals surface area contributed by atoms with E-state index in [1.165, 1.54) is 18.2 Å². The topological polar surface area (TPSA) is 43.1 Å². The second-order valence-corrected chi connectivity index (χ2v) is 4.05. The van der Waals surface area contributed by atoms with E-state index in [0.717, 1.165) is 11.3 Å². The quantitative estimate of drug-likeness (QED) is 0.556. The van der Waals surface area contributed by atoms with E-state index in [0.29, 0.717) is 9.72 Å². The molecule has 0 spiro atoms. The first-order valence-electron chi connectivity index (χ1n) is 3.61. The Morgan fingerprint density at radius 3 is 2.79 bits per heavy atom. The molecule has 0 fully saturated rings. The van der Waals surface area contributed by atoms with Gasteiger partial charge in [-0.2, -0.15) is 0 Å². The van der Waals surface area contributed by atoms with E-state index in [1.54, 1.807) is 0 Å². The van der Waals surface area contributed by atoms with Crippen LogP contribution in [0, 0.1) is 15.9 Å². The lowest BCUT2D eigenvalue weighted by Crippen LogP contribution is -1.80. The Kier molecular flexibility index (Phi) is 2.13. The lowest BCUT2D eigenvalue weighted by atomic mass is 10.2. The maximum Gasteiger partial charge on any atom is 0.325 e. The molecule has 2 rings (SSSR count). The molecule has 0 saturated heterocycles. The summed E-state index contributed by atoms with van der Waals surface area (Å²) < 4.78 is 13.6. The van der Waals surface area contributed by atoms with E-state index >= 15 is 0 Å². The van der Waals surface area contributed by atoms with Gasteiger partial charge in [0.25, 0.3) is 0 Å². The molecule has 0 aliphatic carbocycles. The number of fused-ring (bicyclic) bond motifs is 1. The molecule has 1 aromatic heterocycles. The van der Waals surface area contributed by atoms with Crippen LogP contribution in [0.25, 0.3) is 10.1 Å². The minimum atomic E-state index is -0.555. The van der Waals surface area contributed by atoms with Gasteiger partial charge in [-0.15, -0.1) is 0 Å². The minimum absolute atomic E-state index is 0.105. The summed E-state index contributed by atoms with van der Waals surface area (Å²) in [7, 11) is 0. The second-order valence-electron chi connectivity index (χ2n) is 2.61. The highest BCUT2D eigenvalue weighted by atomic mass is 35.5. The summed E-state index contributed by atoms with van der Waals surface area (Å²) in [6.07, 6.45) is 0. The van der Waals surface area contributed by atoms with Gasteiger partial charge >= 0.3 is 5.00 Å².